The first-order valence-corrected chi connectivity index (χ1v) is 14.8. The van der Waals surface area contributed by atoms with E-state index in [1.54, 1.807) is 17.7 Å². The molecule has 0 amide bonds. The topological polar surface area (TPSA) is 0 Å². The van der Waals surface area contributed by atoms with Gasteiger partial charge in [-0.1, -0.05) is 0 Å². The average molecular weight is 305 g/mol. The molecule has 0 aromatic carbocycles. The van der Waals surface area contributed by atoms with Gasteiger partial charge >= 0.3 is 95.9 Å². The Kier molecular flexibility index (Phi) is 9.57. The summed E-state index contributed by atoms with van der Waals surface area (Å²) in [6.07, 6.45) is 7.31. The fraction of sp³-hybridized carbons (Fsp3) is 1.00. The van der Waals surface area contributed by atoms with Crippen molar-refractivity contribution in [3.8, 4) is 0 Å². The van der Waals surface area contributed by atoms with E-state index in [-0.39, 0.29) is 0 Å². The third-order valence-electron chi connectivity index (χ3n) is 3.40. The van der Waals surface area contributed by atoms with Gasteiger partial charge in [-0.15, -0.1) is 0 Å². The number of hydrogen-bond donors (Lipinski definition) is 0. The van der Waals surface area contributed by atoms with Gasteiger partial charge in [0.15, 0.2) is 0 Å². The van der Waals surface area contributed by atoms with Gasteiger partial charge in [0.2, 0.25) is 0 Å². The van der Waals surface area contributed by atoms with Gasteiger partial charge in [-0.25, -0.2) is 0 Å². The molecule has 0 rings (SSSR count). The predicted molar refractivity (Wildman–Crippen MR) is 70.8 cm³/mol. The van der Waals surface area contributed by atoms with E-state index in [1.165, 1.54) is 32.1 Å². The van der Waals surface area contributed by atoms with Crippen LogP contribution in [0.15, 0.2) is 0 Å². The van der Waals surface area contributed by atoms with Crippen LogP contribution in [0.2, 0.25) is 17.7 Å². The van der Waals surface area contributed by atoms with Gasteiger partial charge in [-0.2, -0.15) is 0 Å². The summed E-state index contributed by atoms with van der Waals surface area (Å²) in [5.41, 5.74) is 0. The van der Waals surface area contributed by atoms with Crippen molar-refractivity contribution < 1.29 is 0 Å². The van der Waals surface area contributed by atoms with Crippen LogP contribution in [0.4, 0.5) is 0 Å². The van der Waals surface area contributed by atoms with E-state index in [1.807, 2.05) is 0 Å². The molecule has 0 spiro atoms. The molecule has 0 aromatic heterocycles. The van der Waals surface area contributed by atoms with Crippen LogP contribution in [0.3, 0.4) is 0 Å². The molecule has 1 heteroatoms. The zero-order chi connectivity index (χ0) is 10.9. The molecule has 0 saturated heterocycles. The number of rotatable bonds is 9. The van der Waals surface area contributed by atoms with Crippen molar-refractivity contribution >= 4 is 18.4 Å². The van der Waals surface area contributed by atoms with Crippen LogP contribution in [-0.2, 0) is 0 Å². The van der Waals surface area contributed by atoms with E-state index in [9.17, 15) is 0 Å². The first kappa shape index (κ1) is 14.8. The summed E-state index contributed by atoms with van der Waals surface area (Å²) < 4.78 is 6.67. The molecule has 0 aromatic rings. The van der Waals surface area contributed by atoms with Crippen LogP contribution in [0.25, 0.3) is 0 Å². The average Bonchev–Trinajstić information content (AvgIpc) is 2.16. The second-order valence-corrected chi connectivity index (χ2v) is 19.1. The summed E-state index contributed by atoms with van der Waals surface area (Å²) in [5, 5.41) is 0. The second-order valence-electron chi connectivity index (χ2n) is 4.85. The monoisotopic (exact) mass is 306 g/mol. The van der Waals surface area contributed by atoms with Gasteiger partial charge in [0.25, 0.3) is 0 Å². The molecular formula is C13H30Sn. The van der Waals surface area contributed by atoms with Crippen LogP contribution >= 0.6 is 0 Å². The number of unbranched alkanes of at least 4 members (excludes halogenated alkanes) is 1. The summed E-state index contributed by atoms with van der Waals surface area (Å²) in [4.78, 5) is 0. The van der Waals surface area contributed by atoms with E-state index in [0.29, 0.717) is 0 Å². The molecule has 0 N–H and O–H groups in total. The van der Waals surface area contributed by atoms with Crippen LogP contribution in [-0.4, -0.2) is 18.4 Å². The molecule has 0 saturated carbocycles. The molecule has 0 atom stereocenters. The maximum absolute atomic E-state index is 2.39. The second kappa shape index (κ2) is 9.06. The summed E-state index contributed by atoms with van der Waals surface area (Å²) in [5.74, 6) is 0. The Morgan fingerprint density at radius 2 is 1.00 bits per heavy atom. The van der Waals surface area contributed by atoms with Crippen molar-refractivity contribution in [2.75, 3.05) is 0 Å². The molecular weight excluding hydrogens is 275 g/mol. The van der Waals surface area contributed by atoms with Gasteiger partial charge < -0.3 is 0 Å². The summed E-state index contributed by atoms with van der Waals surface area (Å²) >= 11 is -1.59. The minimum atomic E-state index is -1.59. The van der Waals surface area contributed by atoms with Gasteiger partial charge in [0, 0.05) is 0 Å². The summed E-state index contributed by atoms with van der Waals surface area (Å²) in [6, 6.07) is 0. The van der Waals surface area contributed by atoms with Gasteiger partial charge in [0.1, 0.15) is 0 Å². The van der Waals surface area contributed by atoms with Gasteiger partial charge in [-0.3, -0.25) is 0 Å². The summed E-state index contributed by atoms with van der Waals surface area (Å²) in [7, 11) is 0. The third-order valence-corrected chi connectivity index (χ3v) is 20.8. The molecule has 0 fully saturated rings. The molecule has 0 aliphatic rings. The van der Waals surface area contributed by atoms with E-state index >= 15 is 0 Å². The van der Waals surface area contributed by atoms with Crippen molar-refractivity contribution in [3.05, 3.63) is 0 Å². The maximum atomic E-state index is 2.39. The van der Waals surface area contributed by atoms with Crippen molar-refractivity contribution in [2.24, 2.45) is 0 Å². The first-order chi connectivity index (χ1) is 6.74. The molecule has 14 heavy (non-hydrogen) atoms. The van der Waals surface area contributed by atoms with E-state index in [0.717, 1.165) is 0 Å². The third kappa shape index (κ3) is 5.62. The van der Waals surface area contributed by atoms with Crippen molar-refractivity contribution in [3.63, 3.8) is 0 Å². The molecule has 86 valence electrons. The van der Waals surface area contributed by atoms with E-state index < -0.39 is 18.4 Å². The Morgan fingerprint density at radius 1 is 0.571 bits per heavy atom. The Hall–Kier alpha value is 0.799. The fourth-order valence-electron chi connectivity index (χ4n) is 2.89. The van der Waals surface area contributed by atoms with Crippen LogP contribution in [0.1, 0.15) is 59.8 Å². The van der Waals surface area contributed by atoms with E-state index in [4.69, 9.17) is 0 Å². The molecule has 0 aliphatic carbocycles. The quantitative estimate of drug-likeness (QED) is 0.496. The normalized spacial score (nSPS) is 12.0. The Morgan fingerprint density at radius 3 is 1.29 bits per heavy atom. The Bertz CT molecular complexity index is 103. The first-order valence-electron chi connectivity index (χ1n) is 6.74. The zero-order valence-corrected chi connectivity index (χ0v) is 13.7. The molecule has 0 heterocycles. The van der Waals surface area contributed by atoms with Crippen LogP contribution < -0.4 is 0 Å². The van der Waals surface area contributed by atoms with Crippen LogP contribution in [0, 0.1) is 0 Å². The Labute approximate surface area is 95.7 Å². The number of hydrogen-bond acceptors (Lipinski definition) is 0. The fourth-order valence-corrected chi connectivity index (χ4v) is 19.4. The SMILES string of the molecule is CCC[CH2][Sn]([CH2]CC)([CH2]CC)[CH2]CC. The van der Waals surface area contributed by atoms with Crippen LogP contribution in [0.5, 0.6) is 0 Å². The standard InChI is InChI=1S/C4H9.3C3H7.Sn/c1-3-4-2;3*1-3-2;/h1,3-4H2,2H3;3*1,3H2,2H3;. The molecule has 0 unspecified atom stereocenters. The summed E-state index contributed by atoms with van der Waals surface area (Å²) in [6.45, 7) is 9.52. The zero-order valence-electron chi connectivity index (χ0n) is 10.9. The molecule has 0 aliphatic heterocycles. The van der Waals surface area contributed by atoms with Crippen molar-refractivity contribution in [1.82, 2.24) is 0 Å². The molecule has 0 nitrogen and oxygen atoms in total. The molecule has 0 bridgehead atoms. The van der Waals surface area contributed by atoms with Gasteiger partial charge in [-0.05, 0) is 0 Å². The minimum absolute atomic E-state index is 1.41. The van der Waals surface area contributed by atoms with Gasteiger partial charge in [0.05, 0.1) is 0 Å². The molecule has 0 radical (unpaired) electrons. The Balaban J connectivity index is 4.21. The van der Waals surface area contributed by atoms with E-state index in [2.05, 4.69) is 27.7 Å². The van der Waals surface area contributed by atoms with Crippen molar-refractivity contribution in [1.29, 1.82) is 0 Å². The van der Waals surface area contributed by atoms with Crippen molar-refractivity contribution in [2.45, 2.75) is 77.5 Å². The predicted octanol–water partition coefficient (Wildman–Crippen LogP) is 5.47.